The second kappa shape index (κ2) is 13.6. The van der Waals surface area contributed by atoms with E-state index in [0.717, 1.165) is 31.6 Å². The topological polar surface area (TPSA) is 85.8 Å². The summed E-state index contributed by atoms with van der Waals surface area (Å²) < 4.78 is 0. The molecule has 7 nitrogen and oxygen atoms in total. The van der Waals surface area contributed by atoms with Gasteiger partial charge in [-0.25, -0.2) is 4.99 Å². The SMILES string of the molecule is CCNC(=NCc1cccc(C(=O)NC(C)CC)c1)NCCC(=O)N(CC)CC. The van der Waals surface area contributed by atoms with E-state index >= 15 is 0 Å². The Balaban J connectivity index is 2.67. The van der Waals surface area contributed by atoms with Crippen molar-refractivity contribution in [2.75, 3.05) is 26.2 Å². The molecule has 0 saturated carbocycles. The lowest BCUT2D eigenvalue weighted by Crippen LogP contribution is -2.40. The molecule has 0 radical (unpaired) electrons. The van der Waals surface area contributed by atoms with Crippen LogP contribution in [0.2, 0.25) is 0 Å². The molecular weight excluding hydrogens is 366 g/mol. The van der Waals surface area contributed by atoms with Crippen LogP contribution in [-0.2, 0) is 11.3 Å². The van der Waals surface area contributed by atoms with Gasteiger partial charge in [-0.2, -0.15) is 0 Å². The van der Waals surface area contributed by atoms with E-state index in [2.05, 4.69) is 20.9 Å². The number of carbonyl (C=O) groups is 2. The predicted octanol–water partition coefficient (Wildman–Crippen LogP) is 2.53. The van der Waals surface area contributed by atoms with Crippen LogP contribution in [0.25, 0.3) is 0 Å². The van der Waals surface area contributed by atoms with Crippen molar-refractivity contribution in [3.63, 3.8) is 0 Å². The maximum absolute atomic E-state index is 12.3. The molecule has 0 aromatic heterocycles. The van der Waals surface area contributed by atoms with Gasteiger partial charge in [0.25, 0.3) is 5.91 Å². The summed E-state index contributed by atoms with van der Waals surface area (Å²) in [5, 5.41) is 9.38. The maximum atomic E-state index is 12.3. The quantitative estimate of drug-likeness (QED) is 0.391. The Bertz CT molecular complexity index is 671. The Morgan fingerprint density at radius 2 is 1.83 bits per heavy atom. The molecule has 1 atom stereocenters. The van der Waals surface area contributed by atoms with Crippen molar-refractivity contribution in [3.8, 4) is 0 Å². The van der Waals surface area contributed by atoms with E-state index in [1.165, 1.54) is 0 Å². The van der Waals surface area contributed by atoms with E-state index in [9.17, 15) is 9.59 Å². The normalized spacial score (nSPS) is 12.2. The van der Waals surface area contributed by atoms with Crippen LogP contribution in [-0.4, -0.2) is 54.9 Å². The van der Waals surface area contributed by atoms with Crippen LogP contribution in [0.3, 0.4) is 0 Å². The Hall–Kier alpha value is -2.57. The van der Waals surface area contributed by atoms with Gasteiger partial charge in [-0.05, 0) is 51.8 Å². The zero-order valence-electron chi connectivity index (χ0n) is 18.5. The molecular formula is C22H37N5O2. The standard InChI is InChI=1S/C22H37N5O2/c1-6-17(5)26-21(29)19-12-10-11-18(15-19)16-25-22(23-7-2)24-14-13-20(28)27(8-3)9-4/h10-12,15,17H,6-9,13-14,16H2,1-5H3,(H,26,29)(H2,23,24,25). The first kappa shape index (κ1) is 24.5. The minimum Gasteiger partial charge on any atom is -0.357 e. The molecule has 0 aliphatic heterocycles. The van der Waals surface area contributed by atoms with Gasteiger partial charge in [-0.3, -0.25) is 9.59 Å². The molecule has 1 unspecified atom stereocenters. The summed E-state index contributed by atoms with van der Waals surface area (Å²) >= 11 is 0. The molecule has 1 aromatic carbocycles. The molecule has 162 valence electrons. The minimum absolute atomic E-state index is 0.0647. The van der Waals surface area contributed by atoms with Crippen LogP contribution in [0.15, 0.2) is 29.3 Å². The first-order chi connectivity index (χ1) is 13.9. The van der Waals surface area contributed by atoms with Crippen LogP contribution in [0.4, 0.5) is 0 Å². The summed E-state index contributed by atoms with van der Waals surface area (Å²) in [6, 6.07) is 7.66. The van der Waals surface area contributed by atoms with Gasteiger partial charge in [0.15, 0.2) is 5.96 Å². The van der Waals surface area contributed by atoms with Gasteiger partial charge in [0.1, 0.15) is 0 Å². The van der Waals surface area contributed by atoms with E-state index in [4.69, 9.17) is 0 Å². The molecule has 29 heavy (non-hydrogen) atoms. The van der Waals surface area contributed by atoms with Gasteiger partial charge in [-0.1, -0.05) is 19.1 Å². The largest absolute Gasteiger partial charge is 0.357 e. The molecule has 7 heteroatoms. The lowest BCUT2D eigenvalue weighted by molar-refractivity contribution is -0.130. The molecule has 0 fully saturated rings. The monoisotopic (exact) mass is 403 g/mol. The molecule has 2 amide bonds. The first-order valence-electron chi connectivity index (χ1n) is 10.6. The van der Waals surface area contributed by atoms with Crippen LogP contribution in [0.1, 0.15) is 63.4 Å². The lowest BCUT2D eigenvalue weighted by atomic mass is 10.1. The van der Waals surface area contributed by atoms with Gasteiger partial charge in [0.2, 0.25) is 5.91 Å². The number of amides is 2. The Morgan fingerprint density at radius 3 is 2.45 bits per heavy atom. The predicted molar refractivity (Wildman–Crippen MR) is 119 cm³/mol. The van der Waals surface area contributed by atoms with Crippen LogP contribution in [0.5, 0.6) is 0 Å². The van der Waals surface area contributed by atoms with Crippen molar-refractivity contribution in [1.82, 2.24) is 20.9 Å². The fraction of sp³-hybridized carbons (Fsp3) is 0.591. The van der Waals surface area contributed by atoms with Crippen molar-refractivity contribution >= 4 is 17.8 Å². The number of nitrogens with one attached hydrogen (secondary N) is 3. The van der Waals surface area contributed by atoms with E-state index < -0.39 is 0 Å². The van der Waals surface area contributed by atoms with E-state index in [1.54, 1.807) is 0 Å². The number of carbonyl (C=O) groups excluding carboxylic acids is 2. The van der Waals surface area contributed by atoms with E-state index in [0.29, 0.717) is 31.0 Å². The van der Waals surface area contributed by atoms with E-state index in [-0.39, 0.29) is 17.9 Å². The van der Waals surface area contributed by atoms with Crippen molar-refractivity contribution in [2.45, 2.75) is 60.0 Å². The van der Waals surface area contributed by atoms with Crippen molar-refractivity contribution < 1.29 is 9.59 Å². The highest BCUT2D eigenvalue weighted by Crippen LogP contribution is 2.07. The van der Waals surface area contributed by atoms with Gasteiger partial charge in [0.05, 0.1) is 6.54 Å². The summed E-state index contributed by atoms with van der Waals surface area (Å²) in [5.74, 6) is 0.734. The third-order valence-electron chi connectivity index (χ3n) is 4.69. The fourth-order valence-corrected chi connectivity index (χ4v) is 2.75. The van der Waals surface area contributed by atoms with Gasteiger partial charge in [-0.15, -0.1) is 0 Å². The Kier molecular flexibility index (Phi) is 11.5. The van der Waals surface area contributed by atoms with Crippen LogP contribution in [0, 0.1) is 0 Å². The molecule has 0 saturated heterocycles. The lowest BCUT2D eigenvalue weighted by Gasteiger charge is -2.19. The van der Waals surface area contributed by atoms with Crippen molar-refractivity contribution in [3.05, 3.63) is 35.4 Å². The molecule has 1 aromatic rings. The highest BCUT2D eigenvalue weighted by molar-refractivity contribution is 5.94. The summed E-state index contributed by atoms with van der Waals surface area (Å²) in [6.07, 6.45) is 1.32. The number of benzene rings is 1. The molecule has 0 spiro atoms. The molecule has 3 N–H and O–H groups in total. The molecule has 0 bridgehead atoms. The summed E-state index contributed by atoms with van der Waals surface area (Å²) in [5.41, 5.74) is 1.60. The van der Waals surface area contributed by atoms with E-state index in [1.807, 2.05) is 63.8 Å². The Labute approximate surface area is 175 Å². The van der Waals surface area contributed by atoms with Gasteiger partial charge in [0, 0.05) is 44.2 Å². The summed E-state index contributed by atoms with van der Waals surface area (Å²) in [6.45, 7) is 13.2. The average molecular weight is 404 g/mol. The van der Waals surface area contributed by atoms with Gasteiger partial charge >= 0.3 is 0 Å². The zero-order chi connectivity index (χ0) is 21.6. The molecule has 0 heterocycles. The first-order valence-corrected chi connectivity index (χ1v) is 10.6. The summed E-state index contributed by atoms with van der Waals surface area (Å²) in [7, 11) is 0. The number of hydrogen-bond acceptors (Lipinski definition) is 3. The van der Waals surface area contributed by atoms with Crippen molar-refractivity contribution in [2.24, 2.45) is 4.99 Å². The molecule has 0 aliphatic carbocycles. The maximum Gasteiger partial charge on any atom is 0.251 e. The number of guanidine groups is 1. The molecule has 1 rings (SSSR count). The smallest absolute Gasteiger partial charge is 0.251 e. The second-order valence-corrected chi connectivity index (χ2v) is 6.92. The minimum atomic E-state index is -0.0647. The highest BCUT2D eigenvalue weighted by Gasteiger charge is 2.10. The summed E-state index contributed by atoms with van der Waals surface area (Å²) in [4.78, 5) is 30.8. The van der Waals surface area contributed by atoms with Crippen LogP contribution >= 0.6 is 0 Å². The van der Waals surface area contributed by atoms with Crippen LogP contribution < -0.4 is 16.0 Å². The number of rotatable bonds is 11. The Morgan fingerprint density at radius 1 is 1.10 bits per heavy atom. The number of aliphatic imine (C=N–C) groups is 1. The van der Waals surface area contributed by atoms with Gasteiger partial charge < -0.3 is 20.9 Å². The third kappa shape index (κ3) is 8.98. The number of hydrogen-bond donors (Lipinski definition) is 3. The second-order valence-electron chi connectivity index (χ2n) is 6.92. The zero-order valence-corrected chi connectivity index (χ0v) is 18.5. The number of nitrogens with zero attached hydrogens (tertiary/aromatic N) is 2. The highest BCUT2D eigenvalue weighted by atomic mass is 16.2. The van der Waals surface area contributed by atoms with Crippen molar-refractivity contribution in [1.29, 1.82) is 0 Å². The molecule has 0 aliphatic rings. The average Bonchev–Trinajstić information content (AvgIpc) is 2.73. The fourth-order valence-electron chi connectivity index (χ4n) is 2.75. The third-order valence-corrected chi connectivity index (χ3v) is 4.69.